The zero-order valence-electron chi connectivity index (χ0n) is 17.5. The number of morpholine rings is 1. The Hall–Kier alpha value is -3.20. The lowest BCUT2D eigenvalue weighted by Gasteiger charge is -2.33. The van der Waals surface area contributed by atoms with Crippen molar-refractivity contribution in [3.05, 3.63) is 82.9 Å². The fraction of sp³-hybridized carbons (Fsp3) is 0.348. The predicted molar refractivity (Wildman–Crippen MR) is 111 cm³/mol. The van der Waals surface area contributed by atoms with E-state index in [0.29, 0.717) is 37.4 Å². The van der Waals surface area contributed by atoms with Crippen molar-refractivity contribution in [1.82, 2.24) is 19.7 Å². The van der Waals surface area contributed by atoms with E-state index in [1.54, 1.807) is 34.1 Å². The van der Waals surface area contributed by atoms with Crippen molar-refractivity contribution in [2.45, 2.75) is 32.2 Å². The summed E-state index contributed by atoms with van der Waals surface area (Å²) in [5.41, 5.74) is 2.16. The van der Waals surface area contributed by atoms with E-state index in [-0.39, 0.29) is 12.5 Å². The van der Waals surface area contributed by atoms with Crippen molar-refractivity contribution in [2.75, 3.05) is 19.7 Å². The molecule has 2 aromatic heterocycles. The number of rotatable bonds is 5. The van der Waals surface area contributed by atoms with E-state index >= 15 is 0 Å². The summed E-state index contributed by atoms with van der Waals surface area (Å²) in [5, 5.41) is 4.07. The van der Waals surface area contributed by atoms with E-state index in [1.165, 1.54) is 12.1 Å². The van der Waals surface area contributed by atoms with Gasteiger partial charge in [-0.15, -0.1) is 0 Å². The molecule has 0 unspecified atom stereocenters. The third kappa shape index (κ3) is 5.34. The first kappa shape index (κ1) is 22.0. The molecule has 0 saturated carbocycles. The first-order chi connectivity index (χ1) is 15.3. The Kier molecular flexibility index (Phi) is 6.27. The second kappa shape index (κ2) is 9.12. The Morgan fingerprint density at radius 2 is 2.03 bits per heavy atom. The van der Waals surface area contributed by atoms with Crippen molar-refractivity contribution in [3.8, 4) is 0 Å². The minimum atomic E-state index is -4.38. The fourth-order valence-corrected chi connectivity index (χ4v) is 3.82. The predicted octanol–water partition coefficient (Wildman–Crippen LogP) is 3.80. The minimum absolute atomic E-state index is 0.0566. The lowest BCUT2D eigenvalue weighted by molar-refractivity contribution is -0.140. The SMILES string of the molecule is Cc1cc(Cc2cccc(C(F)(F)F)c2)cc([C@H]2CN(C(=O)Cn3cccn3)CCO2)n1. The maximum atomic E-state index is 13.0. The van der Waals surface area contributed by atoms with Crippen molar-refractivity contribution < 1.29 is 22.7 Å². The number of carbonyl (C=O) groups excluding carboxylic acids is 1. The number of nitrogens with zero attached hydrogens (tertiary/aromatic N) is 4. The van der Waals surface area contributed by atoms with Gasteiger partial charge in [-0.2, -0.15) is 18.3 Å². The molecule has 1 fully saturated rings. The highest BCUT2D eigenvalue weighted by molar-refractivity contribution is 5.76. The molecule has 9 heteroatoms. The van der Waals surface area contributed by atoms with E-state index in [0.717, 1.165) is 17.3 Å². The number of hydrogen-bond donors (Lipinski definition) is 0. The van der Waals surface area contributed by atoms with Gasteiger partial charge in [0.15, 0.2) is 0 Å². The number of carbonyl (C=O) groups is 1. The molecule has 3 aromatic rings. The summed E-state index contributed by atoms with van der Waals surface area (Å²) in [7, 11) is 0. The summed E-state index contributed by atoms with van der Waals surface area (Å²) in [6, 6.07) is 10.8. The van der Waals surface area contributed by atoms with E-state index < -0.39 is 17.8 Å². The van der Waals surface area contributed by atoms with Crippen LogP contribution in [0.25, 0.3) is 0 Å². The van der Waals surface area contributed by atoms with Gasteiger partial charge in [0.1, 0.15) is 12.6 Å². The number of hydrogen-bond acceptors (Lipinski definition) is 4. The Morgan fingerprint density at radius 3 is 2.78 bits per heavy atom. The van der Waals surface area contributed by atoms with Crippen LogP contribution in [-0.4, -0.2) is 45.3 Å². The second-order valence-electron chi connectivity index (χ2n) is 7.82. The average Bonchev–Trinajstić information content (AvgIpc) is 3.26. The van der Waals surface area contributed by atoms with Gasteiger partial charge in [0, 0.05) is 24.6 Å². The van der Waals surface area contributed by atoms with Gasteiger partial charge in [-0.25, -0.2) is 0 Å². The molecule has 4 rings (SSSR count). The highest BCUT2D eigenvalue weighted by atomic mass is 19.4. The lowest BCUT2D eigenvalue weighted by atomic mass is 10.0. The molecule has 168 valence electrons. The molecule has 1 atom stereocenters. The molecule has 1 aliphatic heterocycles. The zero-order chi connectivity index (χ0) is 22.7. The summed E-state index contributed by atoms with van der Waals surface area (Å²) in [4.78, 5) is 18.9. The Morgan fingerprint density at radius 1 is 1.19 bits per heavy atom. The van der Waals surface area contributed by atoms with E-state index in [1.807, 2.05) is 19.1 Å². The van der Waals surface area contributed by atoms with Gasteiger partial charge < -0.3 is 9.64 Å². The molecule has 1 saturated heterocycles. The van der Waals surface area contributed by atoms with Crippen LogP contribution in [0.3, 0.4) is 0 Å². The molecule has 0 radical (unpaired) electrons. The first-order valence-corrected chi connectivity index (χ1v) is 10.3. The number of pyridine rings is 1. The number of alkyl halides is 3. The van der Waals surface area contributed by atoms with Crippen molar-refractivity contribution in [3.63, 3.8) is 0 Å². The van der Waals surface area contributed by atoms with Crippen LogP contribution in [0.4, 0.5) is 13.2 Å². The maximum Gasteiger partial charge on any atom is 0.416 e. The summed E-state index contributed by atoms with van der Waals surface area (Å²) >= 11 is 0. The van der Waals surface area contributed by atoms with Gasteiger partial charge >= 0.3 is 6.18 Å². The van der Waals surface area contributed by atoms with E-state index in [2.05, 4.69) is 10.1 Å². The van der Waals surface area contributed by atoms with Crippen molar-refractivity contribution in [1.29, 1.82) is 0 Å². The maximum absolute atomic E-state index is 13.0. The number of amides is 1. The molecule has 0 spiro atoms. The number of aromatic nitrogens is 3. The van der Waals surface area contributed by atoms with Crippen molar-refractivity contribution >= 4 is 5.91 Å². The molecule has 1 aliphatic rings. The molecule has 0 N–H and O–H groups in total. The minimum Gasteiger partial charge on any atom is -0.368 e. The van der Waals surface area contributed by atoms with E-state index in [4.69, 9.17) is 4.74 Å². The smallest absolute Gasteiger partial charge is 0.368 e. The first-order valence-electron chi connectivity index (χ1n) is 10.3. The monoisotopic (exact) mass is 444 g/mol. The molecular weight excluding hydrogens is 421 g/mol. The number of benzene rings is 1. The molecule has 6 nitrogen and oxygen atoms in total. The molecular formula is C23H23F3N4O2. The number of halogens is 3. The highest BCUT2D eigenvalue weighted by Crippen LogP contribution is 2.30. The second-order valence-corrected chi connectivity index (χ2v) is 7.82. The van der Waals surface area contributed by atoms with Gasteiger partial charge in [-0.3, -0.25) is 14.5 Å². The molecule has 0 aliphatic carbocycles. The molecule has 3 heterocycles. The van der Waals surface area contributed by atoms with Gasteiger partial charge in [-0.1, -0.05) is 18.2 Å². The normalized spacial score (nSPS) is 16.9. The lowest BCUT2D eigenvalue weighted by Crippen LogP contribution is -2.44. The van der Waals surface area contributed by atoms with Crippen LogP contribution in [0.1, 0.15) is 34.2 Å². The van der Waals surface area contributed by atoms with Crippen LogP contribution in [0.2, 0.25) is 0 Å². The Balaban J connectivity index is 1.49. The topological polar surface area (TPSA) is 60.2 Å². The van der Waals surface area contributed by atoms with Crippen LogP contribution in [0, 0.1) is 6.92 Å². The van der Waals surface area contributed by atoms with Crippen molar-refractivity contribution in [2.24, 2.45) is 0 Å². The van der Waals surface area contributed by atoms with Gasteiger partial charge in [-0.05, 0) is 48.7 Å². The van der Waals surface area contributed by atoms with Crippen LogP contribution < -0.4 is 0 Å². The van der Waals surface area contributed by atoms with Gasteiger partial charge in [0.25, 0.3) is 0 Å². The zero-order valence-corrected chi connectivity index (χ0v) is 17.5. The Bertz CT molecular complexity index is 1080. The fourth-order valence-electron chi connectivity index (χ4n) is 3.82. The Labute approximate surface area is 183 Å². The largest absolute Gasteiger partial charge is 0.416 e. The summed E-state index contributed by atoms with van der Waals surface area (Å²) in [6.07, 6.45) is -1.08. The molecule has 0 bridgehead atoms. The third-order valence-electron chi connectivity index (χ3n) is 5.30. The summed E-state index contributed by atoms with van der Waals surface area (Å²) in [6.45, 7) is 3.22. The van der Waals surface area contributed by atoms with Gasteiger partial charge in [0.2, 0.25) is 5.91 Å². The van der Waals surface area contributed by atoms with Crippen LogP contribution in [0.15, 0.2) is 54.9 Å². The van der Waals surface area contributed by atoms with Crippen LogP contribution >= 0.6 is 0 Å². The van der Waals surface area contributed by atoms with Crippen LogP contribution in [0.5, 0.6) is 0 Å². The quantitative estimate of drug-likeness (QED) is 0.601. The average molecular weight is 444 g/mol. The highest BCUT2D eigenvalue weighted by Gasteiger charge is 2.30. The number of aryl methyl sites for hydroxylation is 1. The van der Waals surface area contributed by atoms with Crippen LogP contribution in [-0.2, 0) is 28.7 Å². The van der Waals surface area contributed by atoms with Gasteiger partial charge in [0.05, 0.1) is 24.4 Å². The molecule has 1 aromatic carbocycles. The molecule has 32 heavy (non-hydrogen) atoms. The number of ether oxygens (including phenoxy) is 1. The summed E-state index contributed by atoms with van der Waals surface area (Å²) < 4.78 is 46.6. The molecule has 1 amide bonds. The van der Waals surface area contributed by atoms with E-state index in [9.17, 15) is 18.0 Å². The summed E-state index contributed by atoms with van der Waals surface area (Å²) in [5.74, 6) is -0.0566. The third-order valence-corrected chi connectivity index (χ3v) is 5.30. The standard InChI is InChI=1S/C23H23F3N4O2/c1-16-10-18(11-17-4-2-5-19(12-17)23(24,25)26)13-20(28-16)21-14-29(8-9-32-21)22(31)15-30-7-3-6-27-30/h2-7,10,12-13,21H,8-9,11,14-15H2,1H3/t21-/m1/s1.